The van der Waals surface area contributed by atoms with Crippen molar-refractivity contribution >= 4 is 12.0 Å². The summed E-state index contributed by atoms with van der Waals surface area (Å²) < 4.78 is 12.8. The van der Waals surface area contributed by atoms with E-state index >= 15 is 0 Å². The molecule has 5 heteroatoms. The second-order valence-electron chi connectivity index (χ2n) is 3.44. The molecule has 0 saturated carbocycles. The first kappa shape index (κ1) is 11.1. The summed E-state index contributed by atoms with van der Waals surface area (Å²) in [5.74, 6) is -0.834. The SMILES string of the molecule is NC(=O)C=Cc1cn[nH]c1-c1ccc(F)cc1. The fourth-order valence-electron chi connectivity index (χ4n) is 1.44. The molecule has 1 heterocycles. The van der Waals surface area contributed by atoms with E-state index in [-0.39, 0.29) is 5.82 Å². The fourth-order valence-corrected chi connectivity index (χ4v) is 1.44. The zero-order chi connectivity index (χ0) is 12.3. The average Bonchev–Trinajstić information content (AvgIpc) is 2.75. The summed E-state index contributed by atoms with van der Waals surface area (Å²) in [5, 5.41) is 6.67. The summed E-state index contributed by atoms with van der Waals surface area (Å²) >= 11 is 0. The van der Waals surface area contributed by atoms with E-state index in [4.69, 9.17) is 5.73 Å². The zero-order valence-corrected chi connectivity index (χ0v) is 8.85. The van der Waals surface area contributed by atoms with Crippen molar-refractivity contribution in [2.45, 2.75) is 0 Å². The van der Waals surface area contributed by atoms with Crippen molar-refractivity contribution in [3.63, 3.8) is 0 Å². The van der Waals surface area contributed by atoms with Gasteiger partial charge in [-0.15, -0.1) is 0 Å². The first-order valence-electron chi connectivity index (χ1n) is 4.93. The van der Waals surface area contributed by atoms with Gasteiger partial charge < -0.3 is 5.73 Å². The second-order valence-corrected chi connectivity index (χ2v) is 3.44. The number of hydrogen-bond donors (Lipinski definition) is 2. The Morgan fingerprint density at radius 2 is 2.06 bits per heavy atom. The highest BCUT2D eigenvalue weighted by atomic mass is 19.1. The van der Waals surface area contributed by atoms with Gasteiger partial charge in [0.2, 0.25) is 5.91 Å². The summed E-state index contributed by atoms with van der Waals surface area (Å²) in [6.07, 6.45) is 4.38. The van der Waals surface area contributed by atoms with Gasteiger partial charge in [-0.3, -0.25) is 9.89 Å². The Morgan fingerprint density at radius 3 is 2.71 bits per heavy atom. The molecule has 2 rings (SSSR count). The standard InChI is InChI=1S/C12H10FN3O/c13-10-4-1-8(2-5-10)12-9(7-15-16-12)3-6-11(14)17/h1-7H,(H2,14,17)(H,15,16). The molecule has 0 atom stereocenters. The van der Waals surface area contributed by atoms with Crippen LogP contribution in [0.15, 0.2) is 36.5 Å². The molecule has 17 heavy (non-hydrogen) atoms. The Bertz CT molecular complexity index is 557. The van der Waals surface area contributed by atoms with Crippen LogP contribution in [0, 0.1) is 5.82 Å². The van der Waals surface area contributed by atoms with Crippen LogP contribution in [0.4, 0.5) is 4.39 Å². The van der Waals surface area contributed by atoms with E-state index in [9.17, 15) is 9.18 Å². The molecule has 1 amide bonds. The van der Waals surface area contributed by atoms with Gasteiger partial charge in [0.05, 0.1) is 11.9 Å². The molecule has 0 aliphatic rings. The van der Waals surface area contributed by atoms with Gasteiger partial charge in [0, 0.05) is 17.2 Å². The Morgan fingerprint density at radius 1 is 1.35 bits per heavy atom. The van der Waals surface area contributed by atoms with E-state index < -0.39 is 5.91 Å². The lowest BCUT2D eigenvalue weighted by Gasteiger charge is -1.99. The highest BCUT2D eigenvalue weighted by Crippen LogP contribution is 2.22. The smallest absolute Gasteiger partial charge is 0.241 e. The Hall–Kier alpha value is -2.43. The van der Waals surface area contributed by atoms with Gasteiger partial charge in [0.25, 0.3) is 0 Å². The van der Waals surface area contributed by atoms with Crippen LogP contribution in [0.2, 0.25) is 0 Å². The lowest BCUT2D eigenvalue weighted by molar-refractivity contribution is -0.113. The van der Waals surface area contributed by atoms with Crippen LogP contribution in [0.5, 0.6) is 0 Å². The number of halogens is 1. The Kier molecular flexibility index (Phi) is 3.00. The Labute approximate surface area is 97.0 Å². The monoisotopic (exact) mass is 231 g/mol. The number of aromatic nitrogens is 2. The molecule has 0 aliphatic carbocycles. The maximum Gasteiger partial charge on any atom is 0.241 e. The van der Waals surface area contributed by atoms with Crippen LogP contribution in [0.3, 0.4) is 0 Å². The van der Waals surface area contributed by atoms with Gasteiger partial charge in [0.15, 0.2) is 0 Å². The van der Waals surface area contributed by atoms with Gasteiger partial charge in [-0.1, -0.05) is 0 Å². The van der Waals surface area contributed by atoms with Crippen LogP contribution in [0.1, 0.15) is 5.56 Å². The number of hydrogen-bond acceptors (Lipinski definition) is 2. The fraction of sp³-hybridized carbons (Fsp3) is 0. The highest BCUT2D eigenvalue weighted by molar-refractivity contribution is 5.91. The normalized spacial score (nSPS) is 10.9. The van der Waals surface area contributed by atoms with Gasteiger partial charge in [-0.05, 0) is 30.3 Å². The minimum absolute atomic E-state index is 0.303. The summed E-state index contributed by atoms with van der Waals surface area (Å²) in [6, 6.07) is 5.98. The van der Waals surface area contributed by atoms with Crippen LogP contribution >= 0.6 is 0 Å². The van der Waals surface area contributed by atoms with Crippen molar-refractivity contribution in [3.8, 4) is 11.3 Å². The molecule has 86 valence electrons. The number of H-pyrrole nitrogens is 1. The van der Waals surface area contributed by atoms with Crippen molar-refractivity contribution < 1.29 is 9.18 Å². The maximum atomic E-state index is 12.8. The largest absolute Gasteiger partial charge is 0.366 e. The Balaban J connectivity index is 2.36. The number of aromatic amines is 1. The van der Waals surface area contributed by atoms with E-state index in [2.05, 4.69) is 10.2 Å². The summed E-state index contributed by atoms with van der Waals surface area (Å²) in [6.45, 7) is 0. The molecule has 0 bridgehead atoms. The zero-order valence-electron chi connectivity index (χ0n) is 8.85. The molecule has 0 fully saturated rings. The average molecular weight is 231 g/mol. The second kappa shape index (κ2) is 4.61. The van der Waals surface area contributed by atoms with Crippen LogP contribution in [-0.4, -0.2) is 16.1 Å². The number of amides is 1. The van der Waals surface area contributed by atoms with Crippen molar-refractivity contribution in [1.29, 1.82) is 0 Å². The lowest BCUT2D eigenvalue weighted by Crippen LogP contribution is -2.05. The summed E-state index contributed by atoms with van der Waals surface area (Å²) in [4.78, 5) is 10.6. The molecule has 0 unspecified atom stereocenters. The quantitative estimate of drug-likeness (QED) is 0.789. The molecule has 0 radical (unpaired) electrons. The molecular weight excluding hydrogens is 221 g/mol. The first-order chi connectivity index (χ1) is 8.16. The molecule has 1 aromatic heterocycles. The van der Waals surface area contributed by atoms with Crippen LogP contribution < -0.4 is 5.73 Å². The number of nitrogens with one attached hydrogen (secondary N) is 1. The van der Waals surface area contributed by atoms with E-state index in [1.54, 1.807) is 24.4 Å². The van der Waals surface area contributed by atoms with E-state index in [1.165, 1.54) is 18.2 Å². The third kappa shape index (κ3) is 2.57. The van der Waals surface area contributed by atoms with Crippen LogP contribution in [-0.2, 0) is 4.79 Å². The van der Waals surface area contributed by atoms with Crippen molar-refractivity contribution in [3.05, 3.63) is 47.9 Å². The predicted molar refractivity (Wildman–Crippen MR) is 62.2 cm³/mol. The minimum atomic E-state index is -0.531. The third-order valence-corrected chi connectivity index (χ3v) is 2.23. The summed E-state index contributed by atoms with van der Waals surface area (Å²) in [7, 11) is 0. The van der Waals surface area contributed by atoms with Gasteiger partial charge >= 0.3 is 0 Å². The number of primary amides is 1. The number of carbonyl (C=O) groups excluding carboxylic acids is 1. The molecular formula is C12H10FN3O. The number of nitrogens with two attached hydrogens (primary N) is 1. The van der Waals surface area contributed by atoms with E-state index in [0.717, 1.165) is 11.1 Å². The van der Waals surface area contributed by atoms with Gasteiger partial charge in [-0.25, -0.2) is 4.39 Å². The molecule has 0 saturated heterocycles. The number of carbonyl (C=O) groups is 1. The van der Waals surface area contributed by atoms with Gasteiger partial charge in [0.1, 0.15) is 5.82 Å². The lowest BCUT2D eigenvalue weighted by atomic mass is 10.1. The maximum absolute atomic E-state index is 12.8. The number of rotatable bonds is 3. The minimum Gasteiger partial charge on any atom is -0.366 e. The topological polar surface area (TPSA) is 71.8 Å². The molecule has 2 aromatic rings. The number of benzene rings is 1. The van der Waals surface area contributed by atoms with Crippen molar-refractivity contribution in [2.24, 2.45) is 5.73 Å². The van der Waals surface area contributed by atoms with E-state index in [1.807, 2.05) is 0 Å². The van der Waals surface area contributed by atoms with Gasteiger partial charge in [-0.2, -0.15) is 5.10 Å². The van der Waals surface area contributed by atoms with E-state index in [0.29, 0.717) is 5.69 Å². The number of nitrogens with zero attached hydrogens (tertiary/aromatic N) is 1. The van der Waals surface area contributed by atoms with Crippen molar-refractivity contribution in [1.82, 2.24) is 10.2 Å². The molecule has 1 aromatic carbocycles. The summed E-state index contributed by atoms with van der Waals surface area (Å²) in [5.41, 5.74) is 7.23. The molecule has 0 spiro atoms. The highest BCUT2D eigenvalue weighted by Gasteiger charge is 2.05. The molecule has 0 aliphatic heterocycles. The van der Waals surface area contributed by atoms with Crippen molar-refractivity contribution in [2.75, 3.05) is 0 Å². The molecule has 3 N–H and O–H groups in total. The predicted octanol–water partition coefficient (Wildman–Crippen LogP) is 1.71. The third-order valence-electron chi connectivity index (χ3n) is 2.23. The first-order valence-corrected chi connectivity index (χ1v) is 4.93. The van der Waals surface area contributed by atoms with Crippen LogP contribution in [0.25, 0.3) is 17.3 Å². The molecule has 4 nitrogen and oxygen atoms in total.